The van der Waals surface area contributed by atoms with Crippen molar-refractivity contribution in [3.8, 4) is 11.3 Å². The minimum absolute atomic E-state index is 0.310. The summed E-state index contributed by atoms with van der Waals surface area (Å²) < 4.78 is 15.9. The molecule has 26 heavy (non-hydrogen) atoms. The van der Waals surface area contributed by atoms with Crippen molar-refractivity contribution in [3.63, 3.8) is 0 Å². The van der Waals surface area contributed by atoms with E-state index in [1.54, 1.807) is 47.2 Å². The molecule has 3 heterocycles. The van der Waals surface area contributed by atoms with Gasteiger partial charge in [-0.3, -0.25) is 0 Å². The molecule has 1 aromatic carbocycles. The quantitative estimate of drug-likeness (QED) is 0.546. The SMILES string of the molecule is Bc1cnn2c(NCc3ccc(N)nc3)cc(-c3ccccc3F)nc12. The van der Waals surface area contributed by atoms with E-state index in [2.05, 4.69) is 20.4 Å². The first kappa shape index (κ1) is 16.1. The maximum absolute atomic E-state index is 14.2. The molecule has 0 amide bonds. The lowest BCUT2D eigenvalue weighted by Gasteiger charge is -2.11. The van der Waals surface area contributed by atoms with E-state index < -0.39 is 0 Å². The van der Waals surface area contributed by atoms with Gasteiger partial charge in [0.2, 0.25) is 0 Å². The summed E-state index contributed by atoms with van der Waals surface area (Å²) in [6.07, 6.45) is 3.45. The van der Waals surface area contributed by atoms with Gasteiger partial charge in [0, 0.05) is 30.6 Å². The van der Waals surface area contributed by atoms with Gasteiger partial charge in [0.15, 0.2) is 5.65 Å². The standard InChI is InChI=1S/C18H16BFN6/c19-13-10-24-26-17(23-9-11-5-6-16(21)22-8-11)7-15(25-18(13)26)12-3-1-2-4-14(12)20/h1-8,10,23H,9,19H2,(H2,21,22). The van der Waals surface area contributed by atoms with Crippen LogP contribution in [-0.4, -0.2) is 27.4 Å². The summed E-state index contributed by atoms with van der Waals surface area (Å²) in [5, 5.41) is 7.69. The van der Waals surface area contributed by atoms with Crippen molar-refractivity contribution in [2.75, 3.05) is 11.1 Å². The molecule has 0 bridgehead atoms. The molecule has 0 fully saturated rings. The van der Waals surface area contributed by atoms with E-state index in [4.69, 9.17) is 5.73 Å². The Kier molecular flexibility index (Phi) is 4.00. The Hall–Kier alpha value is -3.42. The molecule has 4 aromatic rings. The maximum atomic E-state index is 14.2. The van der Waals surface area contributed by atoms with Gasteiger partial charge in [-0.2, -0.15) is 9.61 Å². The van der Waals surface area contributed by atoms with Gasteiger partial charge in [-0.05, 0) is 29.2 Å². The topological polar surface area (TPSA) is 81.1 Å². The molecule has 0 aliphatic carbocycles. The van der Waals surface area contributed by atoms with Crippen molar-refractivity contribution >= 4 is 30.6 Å². The van der Waals surface area contributed by atoms with Crippen LogP contribution in [0.25, 0.3) is 16.9 Å². The van der Waals surface area contributed by atoms with Crippen LogP contribution in [0.5, 0.6) is 0 Å². The molecule has 0 aliphatic heterocycles. The van der Waals surface area contributed by atoms with Crippen LogP contribution in [0.3, 0.4) is 0 Å². The molecule has 0 spiro atoms. The average Bonchev–Trinajstić information content (AvgIpc) is 3.02. The summed E-state index contributed by atoms with van der Waals surface area (Å²) in [7, 11) is 1.92. The zero-order valence-corrected chi connectivity index (χ0v) is 14.1. The van der Waals surface area contributed by atoms with E-state index in [1.807, 2.05) is 13.9 Å². The number of pyridine rings is 1. The van der Waals surface area contributed by atoms with Crippen molar-refractivity contribution in [1.82, 2.24) is 19.6 Å². The fourth-order valence-electron chi connectivity index (χ4n) is 2.74. The first-order valence-corrected chi connectivity index (χ1v) is 8.16. The third kappa shape index (κ3) is 2.97. The monoisotopic (exact) mass is 346 g/mol. The van der Waals surface area contributed by atoms with Crippen molar-refractivity contribution in [3.05, 3.63) is 66.2 Å². The van der Waals surface area contributed by atoms with Gasteiger partial charge < -0.3 is 11.1 Å². The zero-order chi connectivity index (χ0) is 18.1. The van der Waals surface area contributed by atoms with E-state index in [-0.39, 0.29) is 5.82 Å². The van der Waals surface area contributed by atoms with Crippen LogP contribution in [0.4, 0.5) is 16.0 Å². The summed E-state index contributed by atoms with van der Waals surface area (Å²) in [6, 6.07) is 12.0. The zero-order valence-electron chi connectivity index (χ0n) is 14.1. The van der Waals surface area contributed by atoms with Crippen LogP contribution in [0.1, 0.15) is 5.56 Å². The van der Waals surface area contributed by atoms with Crippen LogP contribution in [-0.2, 0) is 6.54 Å². The molecule has 6 nitrogen and oxygen atoms in total. The third-order valence-corrected chi connectivity index (χ3v) is 4.12. The second-order valence-corrected chi connectivity index (χ2v) is 6.01. The highest BCUT2D eigenvalue weighted by Gasteiger charge is 2.13. The Balaban J connectivity index is 1.75. The van der Waals surface area contributed by atoms with E-state index in [0.717, 1.165) is 16.8 Å². The van der Waals surface area contributed by atoms with Gasteiger partial charge in [0.05, 0.1) is 5.69 Å². The van der Waals surface area contributed by atoms with Crippen molar-refractivity contribution < 1.29 is 4.39 Å². The summed E-state index contributed by atoms with van der Waals surface area (Å²) in [4.78, 5) is 8.67. The molecule has 0 radical (unpaired) electrons. The largest absolute Gasteiger partial charge is 0.384 e. The Morgan fingerprint density at radius 3 is 2.77 bits per heavy atom. The number of hydrogen-bond donors (Lipinski definition) is 2. The number of nitrogen functional groups attached to an aromatic ring is 1. The lowest BCUT2D eigenvalue weighted by Crippen LogP contribution is -2.10. The number of nitrogens with one attached hydrogen (secondary N) is 1. The Morgan fingerprint density at radius 1 is 1.15 bits per heavy atom. The lowest BCUT2D eigenvalue weighted by molar-refractivity contribution is 0.630. The van der Waals surface area contributed by atoms with Crippen molar-refractivity contribution in [2.24, 2.45) is 0 Å². The van der Waals surface area contributed by atoms with Gasteiger partial charge in [-0.1, -0.05) is 18.2 Å². The van der Waals surface area contributed by atoms with Crippen LogP contribution in [0.2, 0.25) is 0 Å². The van der Waals surface area contributed by atoms with Crippen molar-refractivity contribution in [2.45, 2.75) is 6.54 Å². The number of nitrogens with zero attached hydrogens (tertiary/aromatic N) is 4. The predicted molar refractivity (Wildman–Crippen MR) is 103 cm³/mol. The van der Waals surface area contributed by atoms with Gasteiger partial charge in [0.25, 0.3) is 0 Å². The Labute approximate surface area is 150 Å². The van der Waals surface area contributed by atoms with Gasteiger partial charge >= 0.3 is 0 Å². The molecule has 0 aliphatic rings. The first-order chi connectivity index (χ1) is 12.6. The van der Waals surface area contributed by atoms with Gasteiger partial charge in [-0.15, -0.1) is 0 Å². The number of benzene rings is 1. The number of aromatic nitrogens is 4. The average molecular weight is 346 g/mol. The number of hydrogen-bond acceptors (Lipinski definition) is 5. The lowest BCUT2D eigenvalue weighted by atomic mass is 10.0. The smallest absolute Gasteiger partial charge is 0.151 e. The van der Waals surface area contributed by atoms with Crippen LogP contribution < -0.4 is 16.5 Å². The number of rotatable bonds is 4. The van der Waals surface area contributed by atoms with Gasteiger partial charge in [0.1, 0.15) is 25.3 Å². The number of nitrogens with two attached hydrogens (primary N) is 1. The maximum Gasteiger partial charge on any atom is 0.151 e. The number of anilines is 2. The minimum atomic E-state index is -0.310. The highest BCUT2D eigenvalue weighted by atomic mass is 19.1. The normalized spacial score (nSPS) is 11.0. The van der Waals surface area contributed by atoms with E-state index in [1.165, 1.54) is 6.07 Å². The summed E-state index contributed by atoms with van der Waals surface area (Å²) in [6.45, 7) is 0.530. The fraction of sp³-hybridized carbons (Fsp3) is 0.0556. The Bertz CT molecular complexity index is 1080. The van der Waals surface area contributed by atoms with Crippen LogP contribution in [0.15, 0.2) is 54.9 Å². The van der Waals surface area contributed by atoms with E-state index >= 15 is 0 Å². The second-order valence-electron chi connectivity index (χ2n) is 6.01. The molecule has 0 saturated heterocycles. The highest BCUT2D eigenvalue weighted by molar-refractivity contribution is 6.36. The van der Waals surface area contributed by atoms with Crippen molar-refractivity contribution in [1.29, 1.82) is 0 Å². The molecule has 4 rings (SSSR count). The number of fused-ring (bicyclic) bond motifs is 1. The molecular weight excluding hydrogens is 330 g/mol. The third-order valence-electron chi connectivity index (χ3n) is 4.12. The molecule has 3 N–H and O–H groups in total. The molecule has 0 unspecified atom stereocenters. The minimum Gasteiger partial charge on any atom is -0.384 e. The molecule has 0 atom stereocenters. The molecule has 0 saturated carbocycles. The van der Waals surface area contributed by atoms with Gasteiger partial charge in [-0.25, -0.2) is 14.4 Å². The second kappa shape index (κ2) is 6.47. The van der Waals surface area contributed by atoms with Crippen LogP contribution >= 0.6 is 0 Å². The van der Waals surface area contributed by atoms with E-state index in [9.17, 15) is 4.39 Å². The molecule has 3 aromatic heterocycles. The number of halogens is 1. The molecule has 128 valence electrons. The molecule has 8 heteroatoms. The summed E-state index contributed by atoms with van der Waals surface area (Å²) in [5.41, 5.74) is 9.20. The van der Waals surface area contributed by atoms with Crippen LogP contribution in [0, 0.1) is 5.82 Å². The first-order valence-electron chi connectivity index (χ1n) is 8.16. The summed E-state index contributed by atoms with van der Waals surface area (Å²) in [5.74, 6) is 0.887. The van der Waals surface area contributed by atoms with E-state index in [0.29, 0.717) is 29.3 Å². The predicted octanol–water partition coefficient (Wildman–Crippen LogP) is 1.38. The Morgan fingerprint density at radius 2 is 2.00 bits per heavy atom. The highest BCUT2D eigenvalue weighted by Crippen LogP contribution is 2.24. The molecular formula is C18H16BFN6. The fourth-order valence-corrected chi connectivity index (χ4v) is 2.74. The summed E-state index contributed by atoms with van der Waals surface area (Å²) >= 11 is 0.